The Hall–Kier alpha value is -4.29. The number of halogens is 4. The molecule has 0 radical (unpaired) electrons. The van der Waals surface area contributed by atoms with Gasteiger partial charge in [0, 0.05) is 34.6 Å². The molecule has 13 heteroatoms. The van der Waals surface area contributed by atoms with Gasteiger partial charge in [0.15, 0.2) is 5.13 Å². The Labute approximate surface area is 240 Å². The number of fused-ring (bicyclic) bond motifs is 1. The zero-order valence-corrected chi connectivity index (χ0v) is 22.9. The number of carbonyl (C=O) groups excluding carboxylic acids is 2. The Morgan fingerprint density at radius 3 is 2.56 bits per heavy atom. The monoisotopic (exact) mass is 596 g/mol. The SMILES string of the molecule is Cc1cn(-c2cc(NC(=O)c3ccc(Cl)c(-c4ccc5nc(NC(=O)C6CC6)sc5n4)c3)cc(C(F)(F)F)c2)cn1. The van der Waals surface area contributed by atoms with E-state index < -0.39 is 17.6 Å². The van der Waals surface area contributed by atoms with E-state index in [9.17, 15) is 22.8 Å². The summed E-state index contributed by atoms with van der Waals surface area (Å²) in [6.07, 6.45) is 0.115. The van der Waals surface area contributed by atoms with Crippen molar-refractivity contribution < 1.29 is 22.8 Å². The highest BCUT2D eigenvalue weighted by Crippen LogP contribution is 2.35. The van der Waals surface area contributed by atoms with Crippen molar-refractivity contribution >= 4 is 55.9 Å². The maximum absolute atomic E-state index is 13.6. The van der Waals surface area contributed by atoms with E-state index in [4.69, 9.17) is 11.6 Å². The van der Waals surface area contributed by atoms with Crippen LogP contribution in [0, 0.1) is 12.8 Å². The summed E-state index contributed by atoms with van der Waals surface area (Å²) in [4.78, 5) is 38.9. The molecule has 1 saturated carbocycles. The molecule has 1 aliphatic carbocycles. The van der Waals surface area contributed by atoms with Crippen LogP contribution in [0.25, 0.3) is 27.3 Å². The van der Waals surface area contributed by atoms with Crippen LogP contribution in [0.4, 0.5) is 24.0 Å². The molecule has 0 unspecified atom stereocenters. The summed E-state index contributed by atoms with van der Waals surface area (Å²) in [7, 11) is 0. The smallest absolute Gasteiger partial charge is 0.322 e. The van der Waals surface area contributed by atoms with Crippen LogP contribution in [0.3, 0.4) is 0 Å². The predicted molar refractivity (Wildman–Crippen MR) is 150 cm³/mol. The van der Waals surface area contributed by atoms with Crippen molar-refractivity contribution in [3.63, 3.8) is 0 Å². The topological polar surface area (TPSA) is 102 Å². The summed E-state index contributed by atoms with van der Waals surface area (Å²) in [5, 5.41) is 6.16. The Morgan fingerprint density at radius 1 is 1.05 bits per heavy atom. The lowest BCUT2D eigenvalue weighted by Crippen LogP contribution is -2.14. The third-order valence-corrected chi connectivity index (χ3v) is 7.66. The van der Waals surface area contributed by atoms with Crippen LogP contribution in [-0.4, -0.2) is 31.3 Å². The van der Waals surface area contributed by atoms with Crippen molar-refractivity contribution in [3.8, 4) is 16.9 Å². The zero-order valence-electron chi connectivity index (χ0n) is 21.3. The van der Waals surface area contributed by atoms with Gasteiger partial charge >= 0.3 is 6.18 Å². The van der Waals surface area contributed by atoms with E-state index in [0.717, 1.165) is 25.0 Å². The largest absolute Gasteiger partial charge is 0.416 e. The molecule has 0 atom stereocenters. The minimum absolute atomic E-state index is 0.0346. The molecule has 2 N–H and O–H groups in total. The summed E-state index contributed by atoms with van der Waals surface area (Å²) in [5.41, 5.74) is 1.58. The first kappa shape index (κ1) is 26.9. The molecular weight excluding hydrogens is 577 g/mol. The first-order valence-electron chi connectivity index (χ1n) is 12.5. The van der Waals surface area contributed by atoms with Gasteiger partial charge in [-0.05, 0) is 68.3 Å². The Kier molecular flexibility index (Phi) is 6.74. The molecule has 3 heterocycles. The molecule has 2 aromatic carbocycles. The first-order valence-corrected chi connectivity index (χ1v) is 13.7. The summed E-state index contributed by atoms with van der Waals surface area (Å²) >= 11 is 7.68. The third kappa shape index (κ3) is 5.79. The number of rotatable bonds is 6. The van der Waals surface area contributed by atoms with Gasteiger partial charge < -0.3 is 15.2 Å². The van der Waals surface area contributed by atoms with E-state index in [1.165, 1.54) is 46.5 Å². The number of aromatic nitrogens is 4. The fourth-order valence-electron chi connectivity index (χ4n) is 4.20. The highest BCUT2D eigenvalue weighted by molar-refractivity contribution is 7.22. The van der Waals surface area contributed by atoms with Crippen molar-refractivity contribution in [2.45, 2.75) is 25.9 Å². The number of hydrogen-bond acceptors (Lipinski definition) is 6. The van der Waals surface area contributed by atoms with Gasteiger partial charge in [-0.3, -0.25) is 9.59 Å². The molecule has 8 nitrogen and oxygen atoms in total. The van der Waals surface area contributed by atoms with Crippen LogP contribution < -0.4 is 10.6 Å². The van der Waals surface area contributed by atoms with E-state index in [1.54, 1.807) is 25.3 Å². The van der Waals surface area contributed by atoms with Gasteiger partial charge in [-0.2, -0.15) is 13.2 Å². The number of benzene rings is 2. The number of pyridine rings is 1. The van der Waals surface area contributed by atoms with Crippen LogP contribution in [0.15, 0.2) is 61.1 Å². The second kappa shape index (κ2) is 10.3. The fourth-order valence-corrected chi connectivity index (χ4v) is 5.25. The maximum Gasteiger partial charge on any atom is 0.416 e. The lowest BCUT2D eigenvalue weighted by Gasteiger charge is -2.14. The zero-order chi connectivity index (χ0) is 28.9. The quantitative estimate of drug-likeness (QED) is 0.217. The second-order valence-electron chi connectivity index (χ2n) is 9.64. The molecular formula is C28H20ClF3N6O2S. The Balaban J connectivity index is 1.28. The van der Waals surface area contributed by atoms with E-state index in [2.05, 4.69) is 25.6 Å². The molecule has 2 amide bonds. The summed E-state index contributed by atoms with van der Waals surface area (Å²) < 4.78 is 42.4. The number of imidazole rings is 1. The van der Waals surface area contributed by atoms with Gasteiger partial charge in [-0.1, -0.05) is 22.9 Å². The van der Waals surface area contributed by atoms with E-state index >= 15 is 0 Å². The third-order valence-electron chi connectivity index (χ3n) is 6.45. The number of thiazole rings is 1. The summed E-state index contributed by atoms with van der Waals surface area (Å²) in [6.45, 7) is 1.72. The number of aryl methyl sites for hydroxylation is 1. The van der Waals surface area contributed by atoms with E-state index in [1.807, 2.05) is 0 Å². The molecule has 1 aliphatic rings. The molecule has 6 rings (SSSR count). The highest BCUT2D eigenvalue weighted by Gasteiger charge is 2.32. The van der Waals surface area contributed by atoms with Crippen molar-refractivity contribution in [1.82, 2.24) is 19.5 Å². The van der Waals surface area contributed by atoms with Crippen molar-refractivity contribution in [3.05, 3.63) is 82.9 Å². The Bertz CT molecular complexity index is 1830. The van der Waals surface area contributed by atoms with Crippen LogP contribution >= 0.6 is 22.9 Å². The molecule has 208 valence electrons. The molecule has 1 fully saturated rings. The van der Waals surface area contributed by atoms with E-state index in [0.29, 0.717) is 37.5 Å². The van der Waals surface area contributed by atoms with Crippen molar-refractivity contribution in [2.75, 3.05) is 10.6 Å². The van der Waals surface area contributed by atoms with Crippen molar-refractivity contribution in [2.24, 2.45) is 5.92 Å². The second-order valence-corrected chi connectivity index (χ2v) is 11.0. The molecule has 41 heavy (non-hydrogen) atoms. The fraction of sp³-hybridized carbons (Fsp3) is 0.179. The first-order chi connectivity index (χ1) is 19.5. The number of hydrogen-bond donors (Lipinski definition) is 2. The number of amides is 2. The average Bonchev–Trinajstić information content (AvgIpc) is 3.57. The minimum atomic E-state index is -4.62. The standard InChI is InChI=1S/C28H20ClF3N6O2S/c1-14-12-38(13-33-14)19-10-17(28(30,31)32)9-18(11-19)34-25(40)16-4-5-21(29)20(8-16)22-6-7-23-26(35-22)41-27(36-23)37-24(39)15-2-3-15/h4-13,15H,2-3H2,1H3,(H,34,40)(H,36,37,39). The van der Waals surface area contributed by atoms with Gasteiger partial charge in [-0.25, -0.2) is 15.0 Å². The molecule has 0 aliphatic heterocycles. The molecule has 5 aromatic rings. The normalized spacial score (nSPS) is 13.4. The number of carbonyl (C=O) groups is 2. The van der Waals surface area contributed by atoms with Gasteiger partial charge in [-0.15, -0.1) is 0 Å². The Morgan fingerprint density at radius 2 is 1.85 bits per heavy atom. The van der Waals surface area contributed by atoms with Crippen LogP contribution in [0.2, 0.25) is 5.02 Å². The van der Waals surface area contributed by atoms with Gasteiger partial charge in [0.05, 0.1) is 28.3 Å². The average molecular weight is 597 g/mol. The molecule has 0 saturated heterocycles. The number of anilines is 2. The van der Waals surface area contributed by atoms with Crippen LogP contribution in [0.1, 0.15) is 34.5 Å². The summed E-state index contributed by atoms with van der Waals surface area (Å²) in [6, 6.07) is 11.3. The van der Waals surface area contributed by atoms with Gasteiger partial charge in [0.1, 0.15) is 10.3 Å². The van der Waals surface area contributed by atoms with Crippen LogP contribution in [-0.2, 0) is 11.0 Å². The molecule has 3 aromatic heterocycles. The van der Waals surface area contributed by atoms with Gasteiger partial charge in [0.25, 0.3) is 5.91 Å². The molecule has 0 bridgehead atoms. The lowest BCUT2D eigenvalue weighted by molar-refractivity contribution is -0.137. The van der Waals surface area contributed by atoms with E-state index in [-0.39, 0.29) is 28.8 Å². The molecule has 0 spiro atoms. The maximum atomic E-state index is 13.6. The van der Waals surface area contributed by atoms with Gasteiger partial charge in [0.2, 0.25) is 5.91 Å². The minimum Gasteiger partial charge on any atom is -0.322 e. The van der Waals surface area contributed by atoms with Crippen molar-refractivity contribution in [1.29, 1.82) is 0 Å². The number of nitrogens with one attached hydrogen (secondary N) is 2. The summed E-state index contributed by atoms with van der Waals surface area (Å²) in [5.74, 6) is -0.645. The highest BCUT2D eigenvalue weighted by atomic mass is 35.5. The van der Waals surface area contributed by atoms with Crippen LogP contribution in [0.5, 0.6) is 0 Å². The number of alkyl halides is 3. The predicted octanol–water partition coefficient (Wildman–Crippen LogP) is 7.13. The lowest BCUT2D eigenvalue weighted by atomic mass is 10.1. The number of nitrogens with zero attached hydrogens (tertiary/aromatic N) is 4.